The van der Waals surface area contributed by atoms with Gasteiger partial charge in [0.2, 0.25) is 20.0 Å². The molecule has 1 amide bonds. The molecule has 0 aromatic heterocycles. The van der Waals surface area contributed by atoms with Gasteiger partial charge in [-0.3, -0.25) is 4.79 Å². The summed E-state index contributed by atoms with van der Waals surface area (Å²) in [5.74, 6) is -0.505. The summed E-state index contributed by atoms with van der Waals surface area (Å²) in [5, 5.41) is 2.76. The molecular weight excluding hydrogens is 476 g/mol. The minimum absolute atomic E-state index is 0.0171. The summed E-state index contributed by atoms with van der Waals surface area (Å²) in [6.07, 6.45) is 1.98. The summed E-state index contributed by atoms with van der Waals surface area (Å²) in [4.78, 5) is 15.5. The van der Waals surface area contributed by atoms with E-state index in [4.69, 9.17) is 0 Å². The molecule has 34 heavy (non-hydrogen) atoms. The normalized spacial score (nSPS) is 14.7. The van der Waals surface area contributed by atoms with Gasteiger partial charge in [0.05, 0.1) is 15.4 Å². The van der Waals surface area contributed by atoms with Crippen molar-refractivity contribution in [3.05, 3.63) is 48.0 Å². The summed E-state index contributed by atoms with van der Waals surface area (Å²) in [6.45, 7) is 5.75. The highest BCUT2D eigenvalue weighted by atomic mass is 32.2. The van der Waals surface area contributed by atoms with E-state index in [0.29, 0.717) is 24.5 Å². The summed E-state index contributed by atoms with van der Waals surface area (Å²) in [5.41, 5.74) is 1.19. The Morgan fingerprint density at radius 1 is 0.912 bits per heavy atom. The maximum absolute atomic E-state index is 13.3. The number of hydrogen-bond acceptors (Lipinski definition) is 6. The molecule has 3 rings (SSSR count). The van der Waals surface area contributed by atoms with Gasteiger partial charge in [-0.2, -0.15) is 4.31 Å². The molecule has 0 spiro atoms. The van der Waals surface area contributed by atoms with Crippen LogP contribution in [-0.4, -0.2) is 71.6 Å². The Morgan fingerprint density at radius 2 is 1.53 bits per heavy atom. The number of hydrogen-bond donors (Lipinski definition) is 1. The van der Waals surface area contributed by atoms with Crippen LogP contribution in [0.1, 0.15) is 37.0 Å². The van der Waals surface area contributed by atoms with E-state index < -0.39 is 26.0 Å². The van der Waals surface area contributed by atoms with Crippen molar-refractivity contribution in [1.29, 1.82) is 0 Å². The van der Waals surface area contributed by atoms with E-state index in [9.17, 15) is 21.6 Å². The van der Waals surface area contributed by atoms with Crippen molar-refractivity contribution in [2.45, 2.75) is 36.5 Å². The molecule has 1 heterocycles. The van der Waals surface area contributed by atoms with E-state index in [0.717, 1.165) is 30.2 Å². The first-order chi connectivity index (χ1) is 16.0. The third-order valence-corrected chi connectivity index (χ3v) is 9.73. The zero-order valence-corrected chi connectivity index (χ0v) is 21.6. The summed E-state index contributed by atoms with van der Waals surface area (Å²) < 4.78 is 53.6. The van der Waals surface area contributed by atoms with Crippen LogP contribution in [0.5, 0.6) is 0 Å². The Kier molecular flexibility index (Phi) is 8.02. The van der Waals surface area contributed by atoms with Crippen LogP contribution < -0.4 is 10.2 Å². The Balaban J connectivity index is 1.99. The molecule has 186 valence electrons. The van der Waals surface area contributed by atoms with E-state index in [1.165, 1.54) is 42.7 Å². The van der Waals surface area contributed by atoms with E-state index in [-0.39, 0.29) is 15.4 Å². The molecule has 0 bridgehead atoms. The number of nitrogens with one attached hydrogen (secondary N) is 1. The topological polar surface area (TPSA) is 107 Å². The van der Waals surface area contributed by atoms with Gasteiger partial charge in [-0.05, 0) is 49.2 Å². The number of carbonyl (C=O) groups excluding carboxylic acids is 1. The fraction of sp³-hybridized carbons (Fsp3) is 0.435. The van der Waals surface area contributed by atoms with Crippen LogP contribution in [0.3, 0.4) is 0 Å². The number of carbonyl (C=O) groups is 1. The van der Waals surface area contributed by atoms with Gasteiger partial charge in [0.25, 0.3) is 5.91 Å². The summed E-state index contributed by atoms with van der Waals surface area (Å²) in [7, 11) is -4.56. The Labute approximate surface area is 202 Å². The molecule has 1 saturated heterocycles. The Hall–Kier alpha value is -2.47. The van der Waals surface area contributed by atoms with Crippen molar-refractivity contribution >= 4 is 37.3 Å². The lowest BCUT2D eigenvalue weighted by Crippen LogP contribution is -2.30. The van der Waals surface area contributed by atoms with Crippen molar-refractivity contribution in [3.63, 3.8) is 0 Å². The molecule has 9 nitrogen and oxygen atoms in total. The second-order valence-electron chi connectivity index (χ2n) is 8.23. The van der Waals surface area contributed by atoms with E-state index >= 15 is 0 Å². The quantitative estimate of drug-likeness (QED) is 0.558. The molecule has 11 heteroatoms. The average molecular weight is 509 g/mol. The molecule has 0 saturated carbocycles. The third-order valence-electron chi connectivity index (χ3n) is 5.87. The molecular formula is C23H32N4O5S2. The Bertz CT molecular complexity index is 1250. The average Bonchev–Trinajstić information content (AvgIpc) is 3.34. The number of nitrogens with zero attached hydrogens (tertiary/aromatic N) is 3. The highest BCUT2D eigenvalue weighted by molar-refractivity contribution is 7.89. The maximum atomic E-state index is 13.3. The minimum Gasteiger partial charge on any atom is -0.371 e. The molecule has 2 aromatic carbocycles. The van der Waals surface area contributed by atoms with Crippen LogP contribution in [0.25, 0.3) is 0 Å². The largest absolute Gasteiger partial charge is 0.371 e. The third kappa shape index (κ3) is 5.27. The van der Waals surface area contributed by atoms with E-state index in [2.05, 4.69) is 10.2 Å². The second-order valence-corrected chi connectivity index (χ2v) is 12.3. The van der Waals surface area contributed by atoms with E-state index in [1.54, 1.807) is 32.0 Å². The molecule has 2 aromatic rings. The number of amides is 1. The number of rotatable bonds is 9. The van der Waals surface area contributed by atoms with Crippen molar-refractivity contribution in [3.8, 4) is 0 Å². The van der Waals surface area contributed by atoms with Gasteiger partial charge in [0.1, 0.15) is 0 Å². The van der Waals surface area contributed by atoms with E-state index in [1.807, 2.05) is 0 Å². The molecule has 0 atom stereocenters. The smallest absolute Gasteiger partial charge is 0.257 e. The van der Waals surface area contributed by atoms with Crippen LogP contribution in [-0.2, 0) is 20.0 Å². The van der Waals surface area contributed by atoms with Gasteiger partial charge in [-0.25, -0.2) is 21.1 Å². The molecule has 1 aliphatic rings. The number of benzene rings is 2. The molecule has 0 radical (unpaired) electrons. The van der Waals surface area contributed by atoms with Crippen molar-refractivity contribution in [2.75, 3.05) is 50.5 Å². The van der Waals surface area contributed by atoms with Gasteiger partial charge >= 0.3 is 0 Å². The van der Waals surface area contributed by atoms with Crippen molar-refractivity contribution in [2.24, 2.45) is 0 Å². The monoisotopic (exact) mass is 508 g/mol. The van der Waals surface area contributed by atoms with Crippen LogP contribution in [0.2, 0.25) is 0 Å². The highest BCUT2D eigenvalue weighted by Gasteiger charge is 2.26. The van der Waals surface area contributed by atoms with Crippen LogP contribution in [0.15, 0.2) is 52.3 Å². The molecule has 1 N–H and O–H groups in total. The standard InChI is InChI=1S/C23H32N4O5S2/c1-5-27(6-2)34(31,32)19-11-9-10-18(16-19)24-23(28)21-17-20(33(29,30)25(3)4)12-13-22(21)26-14-7-8-15-26/h9-13,16-17H,5-8,14-15H2,1-4H3,(H,24,28). The fourth-order valence-corrected chi connectivity index (χ4v) is 6.38. The first kappa shape index (κ1) is 26.1. The van der Waals surface area contributed by atoms with Crippen LogP contribution in [0.4, 0.5) is 11.4 Å². The zero-order valence-electron chi connectivity index (χ0n) is 20.0. The van der Waals surface area contributed by atoms with Gasteiger partial charge < -0.3 is 10.2 Å². The first-order valence-corrected chi connectivity index (χ1v) is 14.1. The van der Waals surface area contributed by atoms with Crippen LogP contribution in [0, 0.1) is 0 Å². The predicted molar refractivity (Wildman–Crippen MR) is 133 cm³/mol. The number of anilines is 2. The maximum Gasteiger partial charge on any atom is 0.257 e. The van der Waals surface area contributed by atoms with Gasteiger partial charge in [-0.15, -0.1) is 0 Å². The van der Waals surface area contributed by atoms with Gasteiger partial charge in [0.15, 0.2) is 0 Å². The summed E-state index contributed by atoms with van der Waals surface area (Å²) in [6, 6.07) is 10.6. The highest BCUT2D eigenvalue weighted by Crippen LogP contribution is 2.29. The van der Waals surface area contributed by atoms with Crippen LogP contribution >= 0.6 is 0 Å². The first-order valence-electron chi connectivity index (χ1n) is 11.3. The minimum atomic E-state index is -3.74. The van der Waals surface area contributed by atoms with Crippen molar-refractivity contribution < 1.29 is 21.6 Å². The zero-order chi connectivity index (χ0) is 25.1. The lowest BCUT2D eigenvalue weighted by Gasteiger charge is -2.22. The fourth-order valence-electron chi connectivity index (χ4n) is 3.95. The summed E-state index contributed by atoms with van der Waals surface area (Å²) >= 11 is 0. The molecule has 0 aliphatic carbocycles. The molecule has 1 fully saturated rings. The number of sulfonamides is 2. The lowest BCUT2D eigenvalue weighted by molar-refractivity contribution is 0.102. The Morgan fingerprint density at radius 3 is 2.12 bits per heavy atom. The molecule has 0 unspecified atom stereocenters. The predicted octanol–water partition coefficient (Wildman–Crippen LogP) is 2.82. The van der Waals surface area contributed by atoms with Gasteiger partial charge in [-0.1, -0.05) is 19.9 Å². The SMILES string of the molecule is CCN(CC)S(=O)(=O)c1cccc(NC(=O)c2cc(S(=O)(=O)N(C)C)ccc2N2CCCC2)c1. The second kappa shape index (κ2) is 10.4. The molecule has 1 aliphatic heterocycles. The lowest BCUT2D eigenvalue weighted by atomic mass is 10.1. The van der Waals surface area contributed by atoms with Gasteiger partial charge in [0, 0.05) is 51.6 Å². The van der Waals surface area contributed by atoms with Crippen molar-refractivity contribution in [1.82, 2.24) is 8.61 Å².